The lowest BCUT2D eigenvalue weighted by atomic mass is 10.1. The van der Waals surface area contributed by atoms with Crippen molar-refractivity contribution in [1.82, 2.24) is 4.90 Å². The molecule has 0 N–H and O–H groups in total. The van der Waals surface area contributed by atoms with Crippen LogP contribution in [0.2, 0.25) is 0 Å². The highest BCUT2D eigenvalue weighted by atomic mass is 19.4. The molecule has 0 unspecified atom stereocenters. The van der Waals surface area contributed by atoms with Gasteiger partial charge in [0.1, 0.15) is 6.07 Å². The van der Waals surface area contributed by atoms with Crippen LogP contribution in [0.4, 0.5) is 18.9 Å². The number of nitriles is 1. The Kier molecular flexibility index (Phi) is 4.19. The summed E-state index contributed by atoms with van der Waals surface area (Å²) in [6.45, 7) is 2.79. The lowest BCUT2D eigenvalue weighted by Crippen LogP contribution is -2.49. The van der Waals surface area contributed by atoms with Crippen LogP contribution in [0.3, 0.4) is 0 Å². The van der Waals surface area contributed by atoms with Crippen molar-refractivity contribution in [2.45, 2.75) is 13.1 Å². The maximum absolute atomic E-state index is 12.3. The Balaban J connectivity index is 2.07. The molecule has 1 fully saturated rings. The fraction of sp³-hybridized carbons (Fsp3) is 0.500. The van der Waals surface area contributed by atoms with Crippen LogP contribution in [-0.2, 0) is 0 Å². The zero-order valence-corrected chi connectivity index (χ0v) is 11.2. The Hall–Kier alpha value is -1.74. The summed E-state index contributed by atoms with van der Waals surface area (Å²) >= 11 is 0. The number of hydrogen-bond donors (Lipinski definition) is 0. The van der Waals surface area contributed by atoms with Crippen LogP contribution in [0.1, 0.15) is 11.1 Å². The first kappa shape index (κ1) is 14.7. The molecule has 1 aromatic carbocycles. The molecule has 0 bridgehead atoms. The summed E-state index contributed by atoms with van der Waals surface area (Å²) < 4.78 is 37.0. The van der Waals surface area contributed by atoms with E-state index in [1.807, 2.05) is 24.0 Å². The molecule has 1 aliphatic rings. The van der Waals surface area contributed by atoms with Gasteiger partial charge < -0.3 is 4.90 Å². The highest BCUT2D eigenvalue weighted by Gasteiger charge is 2.32. The highest BCUT2D eigenvalue weighted by molar-refractivity contribution is 5.64. The summed E-state index contributed by atoms with van der Waals surface area (Å²) in [5.41, 5.74) is 2.41. The van der Waals surface area contributed by atoms with Crippen molar-refractivity contribution >= 4 is 5.69 Å². The molecule has 0 amide bonds. The zero-order chi connectivity index (χ0) is 14.8. The third kappa shape index (κ3) is 3.42. The molecule has 3 nitrogen and oxygen atoms in total. The zero-order valence-electron chi connectivity index (χ0n) is 11.2. The number of piperazine rings is 1. The standard InChI is InChI=1S/C14H16F3N3/c1-11-3-2-4-12(9-18)13(11)20-7-5-19(6-8-20)10-14(15,16)17/h2-4H,5-8,10H2,1H3. The number of alkyl halides is 3. The summed E-state index contributed by atoms with van der Waals surface area (Å²) in [4.78, 5) is 3.40. The maximum Gasteiger partial charge on any atom is 0.401 e. The first-order valence-electron chi connectivity index (χ1n) is 6.44. The normalized spacial score (nSPS) is 17.1. The van der Waals surface area contributed by atoms with Crippen LogP contribution in [0.25, 0.3) is 0 Å². The Morgan fingerprint density at radius 2 is 1.85 bits per heavy atom. The predicted octanol–water partition coefficient (Wildman–Crippen LogP) is 2.55. The molecule has 2 rings (SSSR count). The minimum Gasteiger partial charge on any atom is -0.368 e. The molecule has 108 valence electrons. The molecule has 0 aromatic heterocycles. The molecule has 0 aliphatic carbocycles. The molecule has 6 heteroatoms. The third-order valence-electron chi connectivity index (χ3n) is 3.45. The summed E-state index contributed by atoms with van der Waals surface area (Å²) in [6, 6.07) is 7.62. The van der Waals surface area contributed by atoms with Crippen molar-refractivity contribution < 1.29 is 13.2 Å². The lowest BCUT2D eigenvalue weighted by molar-refractivity contribution is -0.146. The van der Waals surface area contributed by atoms with Crippen molar-refractivity contribution in [3.05, 3.63) is 29.3 Å². The van der Waals surface area contributed by atoms with Gasteiger partial charge >= 0.3 is 6.18 Å². The van der Waals surface area contributed by atoms with Crippen LogP contribution in [-0.4, -0.2) is 43.8 Å². The van der Waals surface area contributed by atoms with Gasteiger partial charge in [-0.2, -0.15) is 18.4 Å². The summed E-state index contributed by atoms with van der Waals surface area (Å²) in [7, 11) is 0. The van der Waals surface area contributed by atoms with E-state index in [2.05, 4.69) is 6.07 Å². The van der Waals surface area contributed by atoms with Crippen molar-refractivity contribution in [2.24, 2.45) is 0 Å². The monoisotopic (exact) mass is 283 g/mol. The van der Waals surface area contributed by atoms with Gasteiger partial charge in [0.2, 0.25) is 0 Å². The van der Waals surface area contributed by atoms with Gasteiger partial charge in [-0.1, -0.05) is 12.1 Å². The molecule has 1 saturated heterocycles. The quantitative estimate of drug-likeness (QED) is 0.835. The van der Waals surface area contributed by atoms with Gasteiger partial charge in [-0.25, -0.2) is 0 Å². The van der Waals surface area contributed by atoms with Gasteiger partial charge in [0.25, 0.3) is 0 Å². The first-order chi connectivity index (χ1) is 9.40. The van der Waals surface area contributed by atoms with Crippen molar-refractivity contribution in [2.75, 3.05) is 37.6 Å². The van der Waals surface area contributed by atoms with E-state index >= 15 is 0 Å². The molecule has 0 atom stereocenters. The van der Waals surface area contributed by atoms with Crippen LogP contribution in [0.15, 0.2) is 18.2 Å². The van der Waals surface area contributed by atoms with E-state index in [9.17, 15) is 13.2 Å². The Bertz CT molecular complexity index is 511. The molecular weight excluding hydrogens is 267 g/mol. The number of para-hydroxylation sites is 1. The molecule has 0 spiro atoms. The van der Waals surface area contributed by atoms with E-state index in [4.69, 9.17) is 5.26 Å². The van der Waals surface area contributed by atoms with E-state index in [1.54, 1.807) is 6.07 Å². The number of benzene rings is 1. The van der Waals surface area contributed by atoms with E-state index < -0.39 is 12.7 Å². The molecule has 0 radical (unpaired) electrons. The topological polar surface area (TPSA) is 30.3 Å². The second-order valence-electron chi connectivity index (χ2n) is 4.96. The van der Waals surface area contributed by atoms with E-state index in [-0.39, 0.29) is 0 Å². The van der Waals surface area contributed by atoms with Crippen LogP contribution < -0.4 is 4.90 Å². The van der Waals surface area contributed by atoms with Gasteiger partial charge in [-0.15, -0.1) is 0 Å². The summed E-state index contributed by atoms with van der Waals surface area (Å²) in [5, 5.41) is 9.14. The second kappa shape index (κ2) is 5.71. The van der Waals surface area contributed by atoms with Crippen molar-refractivity contribution in [3.63, 3.8) is 0 Å². The fourth-order valence-electron chi connectivity index (χ4n) is 2.55. The first-order valence-corrected chi connectivity index (χ1v) is 6.44. The van der Waals surface area contributed by atoms with Crippen molar-refractivity contribution in [1.29, 1.82) is 5.26 Å². The number of halogens is 3. The fourth-order valence-corrected chi connectivity index (χ4v) is 2.55. The molecule has 1 aromatic rings. The van der Waals surface area contributed by atoms with Crippen LogP contribution >= 0.6 is 0 Å². The molecule has 1 aliphatic heterocycles. The Morgan fingerprint density at radius 3 is 2.40 bits per heavy atom. The van der Waals surface area contributed by atoms with Gasteiger partial charge in [-0.3, -0.25) is 4.90 Å². The number of nitrogens with zero attached hydrogens (tertiary/aromatic N) is 3. The van der Waals surface area contributed by atoms with Gasteiger partial charge in [0.15, 0.2) is 0 Å². The maximum atomic E-state index is 12.3. The SMILES string of the molecule is Cc1cccc(C#N)c1N1CCN(CC(F)(F)F)CC1. The number of hydrogen-bond acceptors (Lipinski definition) is 3. The number of rotatable bonds is 2. The Labute approximate surface area is 116 Å². The van der Waals surface area contributed by atoms with Gasteiger partial charge in [-0.05, 0) is 18.6 Å². The number of anilines is 1. The average molecular weight is 283 g/mol. The van der Waals surface area contributed by atoms with Gasteiger partial charge in [0, 0.05) is 26.2 Å². The molecule has 20 heavy (non-hydrogen) atoms. The highest BCUT2D eigenvalue weighted by Crippen LogP contribution is 2.26. The average Bonchev–Trinajstić information content (AvgIpc) is 2.38. The largest absolute Gasteiger partial charge is 0.401 e. The summed E-state index contributed by atoms with van der Waals surface area (Å²) in [5.74, 6) is 0. The van der Waals surface area contributed by atoms with Crippen LogP contribution in [0, 0.1) is 18.3 Å². The lowest BCUT2D eigenvalue weighted by Gasteiger charge is -2.37. The van der Waals surface area contributed by atoms with Crippen LogP contribution in [0.5, 0.6) is 0 Å². The molecule has 0 saturated carbocycles. The minimum atomic E-state index is -4.15. The Morgan fingerprint density at radius 1 is 1.20 bits per heavy atom. The third-order valence-corrected chi connectivity index (χ3v) is 3.45. The van der Waals surface area contributed by atoms with Gasteiger partial charge in [0.05, 0.1) is 17.8 Å². The molecule has 1 heterocycles. The minimum absolute atomic E-state index is 0.360. The van der Waals surface area contributed by atoms with E-state index in [1.165, 1.54) is 4.90 Å². The number of aryl methyl sites for hydroxylation is 1. The second-order valence-corrected chi connectivity index (χ2v) is 4.96. The molecular formula is C14H16F3N3. The smallest absolute Gasteiger partial charge is 0.368 e. The predicted molar refractivity (Wildman–Crippen MR) is 70.6 cm³/mol. The summed E-state index contributed by atoms with van der Waals surface area (Å²) in [6.07, 6.45) is -4.15. The van der Waals surface area contributed by atoms with Crippen molar-refractivity contribution in [3.8, 4) is 6.07 Å². The van der Waals surface area contributed by atoms with E-state index in [0.717, 1.165) is 11.3 Å². The van der Waals surface area contributed by atoms with E-state index in [0.29, 0.717) is 31.7 Å².